The van der Waals surface area contributed by atoms with Crippen LogP contribution < -0.4 is 5.32 Å². The Morgan fingerprint density at radius 1 is 1.18 bits per heavy atom. The number of nitrogens with one attached hydrogen (secondary N) is 2. The molecule has 2 aliphatic rings. The highest BCUT2D eigenvalue weighted by Gasteiger charge is 2.29. The van der Waals surface area contributed by atoms with E-state index in [1.165, 1.54) is 6.07 Å². The number of likely N-dealkylation sites (tertiary alicyclic amines) is 1. The molecule has 1 aliphatic carbocycles. The summed E-state index contributed by atoms with van der Waals surface area (Å²) in [5, 5.41) is 10.8. The van der Waals surface area contributed by atoms with Crippen molar-refractivity contribution in [2.24, 2.45) is 5.92 Å². The fourth-order valence-electron chi connectivity index (χ4n) is 4.47. The predicted molar refractivity (Wildman–Crippen MR) is 129 cm³/mol. The standard InChI is InChI=1S/C25H28ClFN6O/c1-15-11-23(32-31-15)29-22-13-18(28-25(30-22)17-5-6-17)12-16-7-9-33(10-8-16)24(34)14-19-20(26)3-2-4-21(19)27/h2-4,11,13,16-17H,5-10,12,14H2,1H3,(H2,28,29,30,31,32). The Kier molecular flexibility index (Phi) is 6.50. The maximum atomic E-state index is 14.1. The Morgan fingerprint density at radius 3 is 2.65 bits per heavy atom. The van der Waals surface area contributed by atoms with Crippen LogP contribution >= 0.6 is 11.6 Å². The van der Waals surface area contributed by atoms with Gasteiger partial charge >= 0.3 is 0 Å². The van der Waals surface area contributed by atoms with E-state index in [2.05, 4.69) is 15.5 Å². The van der Waals surface area contributed by atoms with E-state index in [0.29, 0.717) is 29.9 Å². The number of anilines is 2. The third-order valence-electron chi connectivity index (χ3n) is 6.56. The molecule has 2 aromatic heterocycles. The number of carbonyl (C=O) groups excluding carboxylic acids is 1. The second kappa shape index (κ2) is 9.70. The van der Waals surface area contributed by atoms with E-state index in [9.17, 15) is 9.18 Å². The van der Waals surface area contributed by atoms with E-state index in [1.54, 1.807) is 12.1 Å². The summed E-state index contributed by atoms with van der Waals surface area (Å²) >= 11 is 6.10. The zero-order valence-corrected chi connectivity index (χ0v) is 19.9. The van der Waals surface area contributed by atoms with Gasteiger partial charge in [0, 0.05) is 53.1 Å². The highest BCUT2D eigenvalue weighted by Crippen LogP contribution is 2.39. The molecule has 2 fully saturated rings. The normalized spacial score (nSPS) is 16.6. The van der Waals surface area contributed by atoms with E-state index >= 15 is 0 Å². The lowest BCUT2D eigenvalue weighted by atomic mass is 9.91. The number of aromatic amines is 1. The maximum Gasteiger partial charge on any atom is 0.227 e. The van der Waals surface area contributed by atoms with Crippen molar-refractivity contribution in [3.63, 3.8) is 0 Å². The van der Waals surface area contributed by atoms with Gasteiger partial charge in [0.15, 0.2) is 5.82 Å². The summed E-state index contributed by atoms with van der Waals surface area (Å²) in [7, 11) is 0. The molecule has 3 heterocycles. The minimum Gasteiger partial charge on any atom is -0.342 e. The van der Waals surface area contributed by atoms with Crippen LogP contribution in [0.2, 0.25) is 5.02 Å². The first-order chi connectivity index (χ1) is 16.4. The van der Waals surface area contributed by atoms with Gasteiger partial charge in [-0.05, 0) is 57.1 Å². The van der Waals surface area contributed by atoms with Gasteiger partial charge in [0.1, 0.15) is 17.5 Å². The van der Waals surface area contributed by atoms with E-state index < -0.39 is 5.82 Å². The van der Waals surface area contributed by atoms with Crippen molar-refractivity contribution in [2.75, 3.05) is 18.4 Å². The third-order valence-corrected chi connectivity index (χ3v) is 6.91. The fraction of sp³-hybridized carbons (Fsp3) is 0.440. The molecule has 1 aliphatic heterocycles. The average molecular weight is 483 g/mol. The molecule has 1 aromatic carbocycles. The van der Waals surface area contributed by atoms with Gasteiger partial charge in [-0.1, -0.05) is 17.7 Å². The first kappa shape index (κ1) is 22.8. The molecule has 7 nitrogen and oxygen atoms in total. The van der Waals surface area contributed by atoms with Crippen molar-refractivity contribution in [3.05, 3.63) is 63.9 Å². The number of nitrogens with zero attached hydrogens (tertiary/aromatic N) is 4. The molecule has 0 spiro atoms. The van der Waals surface area contributed by atoms with Crippen LogP contribution in [0, 0.1) is 18.7 Å². The summed E-state index contributed by atoms with van der Waals surface area (Å²) in [5.41, 5.74) is 2.28. The van der Waals surface area contributed by atoms with Crippen molar-refractivity contribution < 1.29 is 9.18 Å². The van der Waals surface area contributed by atoms with Gasteiger partial charge in [0.05, 0.1) is 6.42 Å². The molecule has 3 aromatic rings. The number of carbonyl (C=O) groups is 1. The van der Waals surface area contributed by atoms with Crippen LogP contribution in [0.4, 0.5) is 16.0 Å². The maximum absolute atomic E-state index is 14.1. The average Bonchev–Trinajstić information content (AvgIpc) is 3.59. The highest BCUT2D eigenvalue weighted by atomic mass is 35.5. The smallest absolute Gasteiger partial charge is 0.227 e. The van der Waals surface area contributed by atoms with Gasteiger partial charge in [-0.25, -0.2) is 14.4 Å². The van der Waals surface area contributed by atoms with Gasteiger partial charge in [0.25, 0.3) is 0 Å². The van der Waals surface area contributed by atoms with Crippen LogP contribution in [0.25, 0.3) is 0 Å². The molecule has 1 amide bonds. The Morgan fingerprint density at radius 2 is 1.97 bits per heavy atom. The van der Waals surface area contributed by atoms with Gasteiger partial charge in [-0.3, -0.25) is 9.89 Å². The van der Waals surface area contributed by atoms with E-state index in [-0.39, 0.29) is 17.9 Å². The van der Waals surface area contributed by atoms with Crippen LogP contribution in [0.3, 0.4) is 0 Å². The first-order valence-electron chi connectivity index (χ1n) is 11.8. The van der Waals surface area contributed by atoms with Crippen LogP contribution in [-0.2, 0) is 17.6 Å². The Labute approximate surface area is 203 Å². The number of aryl methyl sites for hydroxylation is 1. The first-order valence-corrected chi connectivity index (χ1v) is 12.2. The Bertz CT molecular complexity index is 1170. The molecule has 178 valence electrons. The van der Waals surface area contributed by atoms with Crippen LogP contribution in [0.15, 0.2) is 30.3 Å². The van der Waals surface area contributed by atoms with Crippen LogP contribution in [0.5, 0.6) is 0 Å². The van der Waals surface area contributed by atoms with Crippen molar-refractivity contribution in [1.82, 2.24) is 25.1 Å². The molecule has 9 heteroatoms. The predicted octanol–water partition coefficient (Wildman–Crippen LogP) is 4.95. The van der Waals surface area contributed by atoms with Crippen molar-refractivity contribution >= 4 is 29.1 Å². The fourth-order valence-corrected chi connectivity index (χ4v) is 4.70. The summed E-state index contributed by atoms with van der Waals surface area (Å²) in [4.78, 5) is 24.1. The summed E-state index contributed by atoms with van der Waals surface area (Å²) in [5.74, 6) is 2.79. The number of hydrogen-bond acceptors (Lipinski definition) is 5. The van der Waals surface area contributed by atoms with Crippen molar-refractivity contribution in [3.8, 4) is 0 Å². The molecule has 0 unspecified atom stereocenters. The minimum atomic E-state index is -0.430. The quantitative estimate of drug-likeness (QED) is 0.497. The number of halogens is 2. The third kappa shape index (κ3) is 5.38. The van der Waals surface area contributed by atoms with E-state index in [1.807, 2.05) is 24.0 Å². The van der Waals surface area contributed by atoms with Crippen molar-refractivity contribution in [1.29, 1.82) is 0 Å². The van der Waals surface area contributed by atoms with Gasteiger partial charge in [-0.2, -0.15) is 5.10 Å². The van der Waals surface area contributed by atoms with Crippen LogP contribution in [0.1, 0.15) is 54.4 Å². The number of hydrogen-bond donors (Lipinski definition) is 2. The number of H-pyrrole nitrogens is 1. The number of benzene rings is 1. The monoisotopic (exact) mass is 482 g/mol. The van der Waals surface area contributed by atoms with Gasteiger partial charge in [0.2, 0.25) is 5.91 Å². The Hall–Kier alpha value is -3.00. The molecule has 2 N–H and O–H groups in total. The minimum absolute atomic E-state index is 0.00543. The largest absolute Gasteiger partial charge is 0.342 e. The highest BCUT2D eigenvalue weighted by molar-refractivity contribution is 6.31. The lowest BCUT2D eigenvalue weighted by Crippen LogP contribution is -2.40. The second-order valence-electron chi connectivity index (χ2n) is 9.34. The zero-order chi connectivity index (χ0) is 23.7. The van der Waals surface area contributed by atoms with Crippen molar-refractivity contribution in [2.45, 2.75) is 51.4 Å². The second-order valence-corrected chi connectivity index (χ2v) is 9.75. The van der Waals surface area contributed by atoms with Crippen LogP contribution in [-0.4, -0.2) is 44.1 Å². The van der Waals surface area contributed by atoms with Gasteiger partial charge in [-0.15, -0.1) is 0 Å². The topological polar surface area (TPSA) is 86.8 Å². The molecule has 34 heavy (non-hydrogen) atoms. The molecular formula is C25H28ClFN6O. The van der Waals surface area contributed by atoms with Gasteiger partial charge < -0.3 is 10.2 Å². The molecule has 1 saturated heterocycles. The molecule has 5 rings (SSSR count). The number of aromatic nitrogens is 4. The zero-order valence-electron chi connectivity index (χ0n) is 19.2. The Balaban J connectivity index is 1.21. The summed E-state index contributed by atoms with van der Waals surface area (Å²) in [6.07, 6.45) is 4.89. The molecular weight excluding hydrogens is 455 g/mol. The molecule has 1 saturated carbocycles. The summed E-state index contributed by atoms with van der Waals surface area (Å²) < 4.78 is 14.1. The lowest BCUT2D eigenvalue weighted by molar-refractivity contribution is -0.131. The SMILES string of the molecule is Cc1cc(Nc2cc(CC3CCN(C(=O)Cc4c(F)cccc4Cl)CC3)nc(C3CC3)n2)n[nH]1. The molecule has 0 atom stereocenters. The van der Waals surface area contributed by atoms with E-state index in [0.717, 1.165) is 61.0 Å². The number of rotatable bonds is 7. The summed E-state index contributed by atoms with van der Waals surface area (Å²) in [6.45, 7) is 3.28. The number of amides is 1. The summed E-state index contributed by atoms with van der Waals surface area (Å²) in [6, 6.07) is 8.46. The molecule has 0 bridgehead atoms. The lowest BCUT2D eigenvalue weighted by Gasteiger charge is -2.32. The molecule has 0 radical (unpaired) electrons. The van der Waals surface area contributed by atoms with E-state index in [4.69, 9.17) is 21.6 Å². The number of piperidine rings is 1.